The summed E-state index contributed by atoms with van der Waals surface area (Å²) in [6, 6.07) is 7.06. The highest BCUT2D eigenvalue weighted by Gasteiger charge is 2.33. The van der Waals surface area contributed by atoms with Crippen molar-refractivity contribution in [3.05, 3.63) is 34.7 Å². The molecule has 3 rings (SSSR count). The van der Waals surface area contributed by atoms with Crippen LogP contribution < -0.4 is 16.3 Å². The minimum atomic E-state index is -0.470. The Bertz CT molecular complexity index is 993. The molecule has 2 heterocycles. The lowest BCUT2D eigenvalue weighted by Crippen LogP contribution is -2.48. The van der Waals surface area contributed by atoms with Crippen molar-refractivity contribution in [3.63, 3.8) is 0 Å². The molecule has 0 saturated carbocycles. The normalized spacial score (nSPS) is 16.1. The molecular formula is C21H29N5O4. The van der Waals surface area contributed by atoms with Crippen LogP contribution in [0, 0.1) is 0 Å². The quantitative estimate of drug-likeness (QED) is 0.653. The third-order valence-electron chi connectivity index (χ3n) is 5.49. The van der Waals surface area contributed by atoms with Crippen LogP contribution in [0.15, 0.2) is 29.1 Å². The number of nitrogens with one attached hydrogen (secondary N) is 2. The first-order valence-electron chi connectivity index (χ1n) is 10.4. The zero-order valence-electron chi connectivity index (χ0n) is 17.5. The van der Waals surface area contributed by atoms with E-state index in [0.29, 0.717) is 19.5 Å². The second-order valence-electron chi connectivity index (χ2n) is 7.46. The highest BCUT2D eigenvalue weighted by Crippen LogP contribution is 2.17. The summed E-state index contributed by atoms with van der Waals surface area (Å²) in [4.78, 5) is 50.9. The minimum absolute atomic E-state index is 0.0895. The molecule has 162 valence electrons. The van der Waals surface area contributed by atoms with Gasteiger partial charge in [0.05, 0.1) is 17.6 Å². The Labute approximate surface area is 175 Å². The molecule has 1 aliphatic rings. The number of imidazole rings is 1. The van der Waals surface area contributed by atoms with Crippen LogP contribution in [0.5, 0.6) is 0 Å². The standard InChI is InChI=1S/C21H29N5O4/c1-3-11-25-15-7-4-5-8-16(15)26(21(25)30)13-10-18(27)23-14-19(28)24-12-6-9-17(24)20(29)22-2/h4-5,7-8,17H,3,6,9-14H2,1-2H3,(H,22,29)(H,23,27). The third-order valence-corrected chi connectivity index (χ3v) is 5.49. The van der Waals surface area contributed by atoms with Crippen molar-refractivity contribution < 1.29 is 14.4 Å². The molecule has 9 nitrogen and oxygen atoms in total. The Morgan fingerprint density at radius 1 is 1.10 bits per heavy atom. The van der Waals surface area contributed by atoms with E-state index >= 15 is 0 Å². The van der Waals surface area contributed by atoms with Crippen LogP contribution in [-0.2, 0) is 27.5 Å². The van der Waals surface area contributed by atoms with Crippen LogP contribution in [0.4, 0.5) is 0 Å². The lowest BCUT2D eigenvalue weighted by Gasteiger charge is -2.23. The Morgan fingerprint density at radius 2 is 1.77 bits per heavy atom. The topological polar surface area (TPSA) is 105 Å². The number of hydrogen-bond acceptors (Lipinski definition) is 4. The summed E-state index contributed by atoms with van der Waals surface area (Å²) >= 11 is 0. The number of aryl methyl sites for hydroxylation is 2. The van der Waals surface area contributed by atoms with E-state index in [1.807, 2.05) is 31.2 Å². The van der Waals surface area contributed by atoms with Gasteiger partial charge in [-0.05, 0) is 31.4 Å². The molecule has 1 fully saturated rings. The molecule has 0 spiro atoms. The van der Waals surface area contributed by atoms with Crippen LogP contribution >= 0.6 is 0 Å². The lowest BCUT2D eigenvalue weighted by atomic mass is 10.2. The second-order valence-corrected chi connectivity index (χ2v) is 7.46. The number of para-hydroxylation sites is 2. The number of aromatic nitrogens is 2. The first kappa shape index (κ1) is 21.6. The second kappa shape index (κ2) is 9.60. The van der Waals surface area contributed by atoms with Crippen molar-refractivity contribution in [2.24, 2.45) is 0 Å². The number of benzene rings is 1. The van der Waals surface area contributed by atoms with E-state index in [1.54, 1.807) is 16.2 Å². The van der Waals surface area contributed by atoms with E-state index in [9.17, 15) is 19.2 Å². The van der Waals surface area contributed by atoms with Gasteiger partial charge in [0.2, 0.25) is 17.7 Å². The average molecular weight is 415 g/mol. The molecule has 2 aromatic rings. The SMILES string of the molecule is CCCn1c(=O)n(CCC(=O)NCC(=O)N2CCCC2C(=O)NC)c2ccccc21. The summed E-state index contributed by atoms with van der Waals surface area (Å²) in [6.45, 7) is 3.23. The number of likely N-dealkylation sites (tertiary alicyclic amines) is 1. The predicted octanol–water partition coefficient (Wildman–Crippen LogP) is 0.456. The zero-order valence-corrected chi connectivity index (χ0v) is 17.5. The monoisotopic (exact) mass is 415 g/mol. The van der Waals surface area contributed by atoms with E-state index in [-0.39, 0.29) is 42.9 Å². The molecular weight excluding hydrogens is 386 g/mol. The maximum atomic E-state index is 12.8. The van der Waals surface area contributed by atoms with Crippen molar-refractivity contribution >= 4 is 28.8 Å². The Kier molecular flexibility index (Phi) is 6.91. The van der Waals surface area contributed by atoms with Crippen LogP contribution in [-0.4, -0.2) is 57.9 Å². The Hall–Kier alpha value is -3.10. The van der Waals surface area contributed by atoms with Crippen LogP contribution in [0.2, 0.25) is 0 Å². The van der Waals surface area contributed by atoms with Gasteiger partial charge >= 0.3 is 5.69 Å². The summed E-state index contributed by atoms with van der Waals surface area (Å²) in [7, 11) is 1.55. The summed E-state index contributed by atoms with van der Waals surface area (Å²) in [5, 5.41) is 5.19. The van der Waals surface area contributed by atoms with Crippen molar-refractivity contribution in [2.45, 2.75) is 51.7 Å². The number of carbonyl (C=O) groups is 3. The van der Waals surface area contributed by atoms with E-state index in [2.05, 4.69) is 10.6 Å². The fourth-order valence-electron chi connectivity index (χ4n) is 4.01. The van der Waals surface area contributed by atoms with Crippen molar-refractivity contribution in [1.82, 2.24) is 24.7 Å². The first-order chi connectivity index (χ1) is 14.5. The molecule has 0 bridgehead atoms. The molecule has 0 radical (unpaired) electrons. The summed E-state index contributed by atoms with van der Waals surface area (Å²) in [6.07, 6.45) is 2.32. The van der Waals surface area contributed by atoms with Gasteiger partial charge in [-0.25, -0.2) is 4.79 Å². The Balaban J connectivity index is 1.59. The molecule has 3 amide bonds. The minimum Gasteiger partial charge on any atom is -0.357 e. The van der Waals surface area contributed by atoms with Gasteiger partial charge in [0, 0.05) is 33.1 Å². The van der Waals surface area contributed by atoms with E-state index in [0.717, 1.165) is 23.9 Å². The molecule has 1 aromatic carbocycles. The molecule has 1 atom stereocenters. The molecule has 1 unspecified atom stereocenters. The van der Waals surface area contributed by atoms with Crippen molar-refractivity contribution in [1.29, 1.82) is 0 Å². The highest BCUT2D eigenvalue weighted by molar-refractivity contribution is 5.90. The third kappa shape index (κ3) is 4.39. The van der Waals surface area contributed by atoms with Crippen LogP contribution in [0.25, 0.3) is 11.0 Å². The molecule has 1 saturated heterocycles. The molecule has 9 heteroatoms. The van der Waals surface area contributed by atoms with Crippen LogP contribution in [0.3, 0.4) is 0 Å². The van der Waals surface area contributed by atoms with Gasteiger partial charge in [-0.2, -0.15) is 0 Å². The van der Waals surface area contributed by atoms with Gasteiger partial charge in [0.25, 0.3) is 0 Å². The molecule has 30 heavy (non-hydrogen) atoms. The summed E-state index contributed by atoms with van der Waals surface area (Å²) < 4.78 is 3.33. The first-order valence-corrected chi connectivity index (χ1v) is 10.4. The fraction of sp³-hybridized carbons (Fsp3) is 0.524. The van der Waals surface area contributed by atoms with Crippen molar-refractivity contribution in [2.75, 3.05) is 20.1 Å². The molecule has 1 aromatic heterocycles. The van der Waals surface area contributed by atoms with Gasteiger partial charge in [-0.1, -0.05) is 19.1 Å². The van der Waals surface area contributed by atoms with Crippen LogP contribution in [0.1, 0.15) is 32.6 Å². The number of likely N-dealkylation sites (N-methyl/N-ethyl adjacent to an activating group) is 1. The maximum absolute atomic E-state index is 12.8. The predicted molar refractivity (Wildman–Crippen MR) is 113 cm³/mol. The number of amides is 3. The Morgan fingerprint density at radius 3 is 2.40 bits per heavy atom. The van der Waals surface area contributed by atoms with Gasteiger partial charge in [-0.15, -0.1) is 0 Å². The lowest BCUT2D eigenvalue weighted by molar-refractivity contribution is -0.138. The van der Waals surface area contributed by atoms with E-state index in [1.165, 1.54) is 4.90 Å². The number of carbonyl (C=O) groups excluding carboxylic acids is 3. The zero-order chi connectivity index (χ0) is 21.7. The van der Waals surface area contributed by atoms with Crippen molar-refractivity contribution in [3.8, 4) is 0 Å². The van der Waals surface area contributed by atoms with Gasteiger partial charge in [-0.3, -0.25) is 23.5 Å². The maximum Gasteiger partial charge on any atom is 0.329 e. The average Bonchev–Trinajstić information content (AvgIpc) is 3.34. The summed E-state index contributed by atoms with van der Waals surface area (Å²) in [5.41, 5.74) is 1.52. The van der Waals surface area contributed by atoms with Gasteiger partial charge in [0.1, 0.15) is 6.04 Å². The highest BCUT2D eigenvalue weighted by atomic mass is 16.2. The largest absolute Gasteiger partial charge is 0.357 e. The molecule has 2 N–H and O–H groups in total. The number of fused-ring (bicyclic) bond motifs is 1. The number of rotatable bonds is 8. The number of hydrogen-bond donors (Lipinski definition) is 2. The van der Waals surface area contributed by atoms with E-state index < -0.39 is 6.04 Å². The van der Waals surface area contributed by atoms with Gasteiger partial charge in [0.15, 0.2) is 0 Å². The smallest absolute Gasteiger partial charge is 0.329 e. The summed E-state index contributed by atoms with van der Waals surface area (Å²) in [5.74, 6) is -0.764. The molecule has 1 aliphatic heterocycles. The number of nitrogens with zero attached hydrogens (tertiary/aromatic N) is 3. The fourth-order valence-corrected chi connectivity index (χ4v) is 4.01. The van der Waals surface area contributed by atoms with Gasteiger partial charge < -0.3 is 15.5 Å². The van der Waals surface area contributed by atoms with E-state index in [4.69, 9.17) is 0 Å². The molecule has 0 aliphatic carbocycles.